The summed E-state index contributed by atoms with van der Waals surface area (Å²) >= 11 is 0. The van der Waals surface area contributed by atoms with Gasteiger partial charge in [-0.05, 0) is 50.2 Å². The molecule has 7 nitrogen and oxygen atoms in total. The molecule has 37 heavy (non-hydrogen) atoms. The lowest BCUT2D eigenvalue weighted by Crippen LogP contribution is -2.43. The zero-order chi connectivity index (χ0) is 25.5. The molecule has 2 aliphatic rings. The molecule has 0 bridgehead atoms. The van der Waals surface area contributed by atoms with Gasteiger partial charge in [-0.15, -0.1) is 0 Å². The second-order valence-electron chi connectivity index (χ2n) is 9.77. The molecule has 2 aromatic carbocycles. The van der Waals surface area contributed by atoms with E-state index in [0.29, 0.717) is 42.4 Å². The molecule has 0 atom stereocenters. The normalized spacial score (nSPS) is 15.8. The molecule has 1 saturated heterocycles. The summed E-state index contributed by atoms with van der Waals surface area (Å²) in [6, 6.07) is 11.3. The molecule has 0 saturated carbocycles. The van der Waals surface area contributed by atoms with Crippen molar-refractivity contribution in [1.82, 2.24) is 15.3 Å². The van der Waals surface area contributed by atoms with Crippen LogP contribution in [0.5, 0.6) is 5.75 Å². The third-order valence-electron chi connectivity index (χ3n) is 6.97. The van der Waals surface area contributed by atoms with Gasteiger partial charge in [0.15, 0.2) is 17.4 Å². The second kappa shape index (κ2) is 9.63. The zero-order valence-electron chi connectivity index (χ0n) is 20.9. The molecule has 0 spiro atoms. The Labute approximate surface area is 214 Å². The van der Waals surface area contributed by atoms with Gasteiger partial charge in [0.2, 0.25) is 0 Å². The Kier molecular flexibility index (Phi) is 6.16. The van der Waals surface area contributed by atoms with Crippen LogP contribution in [0.3, 0.4) is 0 Å². The number of furan rings is 1. The minimum Gasteiger partial charge on any atom is -0.486 e. The van der Waals surface area contributed by atoms with Crippen molar-refractivity contribution in [2.24, 2.45) is 0 Å². The van der Waals surface area contributed by atoms with E-state index in [2.05, 4.69) is 37.2 Å². The molecule has 1 N–H and O–H groups in total. The summed E-state index contributed by atoms with van der Waals surface area (Å²) in [5.41, 5.74) is 2.95. The fourth-order valence-corrected chi connectivity index (χ4v) is 5.11. The molecule has 6 rings (SSSR count). The lowest BCUT2D eigenvalue weighted by molar-refractivity contribution is 0.287. The molecular formula is C28H29F2N5O2. The molecule has 0 amide bonds. The number of rotatable bonds is 5. The number of halogens is 2. The Bertz CT molecular complexity index is 1450. The summed E-state index contributed by atoms with van der Waals surface area (Å²) in [5, 5.41) is 4.37. The molecule has 192 valence electrons. The minimum atomic E-state index is -0.610. The summed E-state index contributed by atoms with van der Waals surface area (Å²) in [5.74, 6) is 0.130. The van der Waals surface area contributed by atoms with E-state index in [0.717, 1.165) is 49.0 Å². The van der Waals surface area contributed by atoms with Crippen molar-refractivity contribution in [1.29, 1.82) is 0 Å². The maximum atomic E-state index is 15.0. The van der Waals surface area contributed by atoms with Crippen molar-refractivity contribution in [3.63, 3.8) is 0 Å². The van der Waals surface area contributed by atoms with Crippen molar-refractivity contribution in [3.8, 4) is 17.0 Å². The van der Waals surface area contributed by atoms with E-state index >= 15 is 0 Å². The summed E-state index contributed by atoms with van der Waals surface area (Å²) in [6.07, 6.45) is 1.43. The van der Waals surface area contributed by atoms with Gasteiger partial charge in [-0.1, -0.05) is 0 Å². The van der Waals surface area contributed by atoms with Gasteiger partial charge in [-0.25, -0.2) is 18.7 Å². The highest BCUT2D eigenvalue weighted by Gasteiger charge is 2.26. The Morgan fingerprint density at radius 3 is 2.68 bits per heavy atom. The van der Waals surface area contributed by atoms with Gasteiger partial charge in [0, 0.05) is 48.9 Å². The maximum absolute atomic E-state index is 15.0. The number of fused-ring (bicyclic) bond motifs is 2. The highest BCUT2D eigenvalue weighted by Crippen LogP contribution is 2.39. The number of aromatic nitrogens is 2. The monoisotopic (exact) mass is 505 g/mol. The third-order valence-corrected chi connectivity index (χ3v) is 6.97. The molecule has 1 fully saturated rings. The van der Waals surface area contributed by atoms with E-state index in [1.807, 2.05) is 26.0 Å². The number of benzene rings is 2. The van der Waals surface area contributed by atoms with Crippen molar-refractivity contribution in [2.75, 3.05) is 49.1 Å². The summed E-state index contributed by atoms with van der Waals surface area (Å²) < 4.78 is 41.5. The van der Waals surface area contributed by atoms with Gasteiger partial charge in [0.05, 0.1) is 24.8 Å². The number of piperazine rings is 1. The molecule has 2 aliphatic heterocycles. The van der Waals surface area contributed by atoms with Crippen molar-refractivity contribution in [3.05, 3.63) is 65.8 Å². The van der Waals surface area contributed by atoms with Crippen LogP contribution in [0, 0.1) is 11.6 Å². The smallest absolute Gasteiger partial charge is 0.178 e. The van der Waals surface area contributed by atoms with Gasteiger partial charge in [-0.3, -0.25) is 0 Å². The van der Waals surface area contributed by atoms with Gasteiger partial charge in [-0.2, -0.15) is 0 Å². The molecule has 4 aromatic rings. The van der Waals surface area contributed by atoms with Gasteiger partial charge in [0.1, 0.15) is 29.5 Å². The number of hydrogen-bond acceptors (Lipinski definition) is 7. The van der Waals surface area contributed by atoms with E-state index in [1.165, 1.54) is 6.07 Å². The molecular weight excluding hydrogens is 476 g/mol. The quantitative estimate of drug-likeness (QED) is 0.419. The molecule has 0 unspecified atom stereocenters. The lowest BCUT2D eigenvalue weighted by atomic mass is 10.1. The minimum absolute atomic E-state index is 0.0538. The average Bonchev–Trinajstić information content (AvgIpc) is 3.31. The van der Waals surface area contributed by atoms with E-state index in [-0.39, 0.29) is 17.5 Å². The Balaban J connectivity index is 1.30. The van der Waals surface area contributed by atoms with Crippen molar-refractivity contribution in [2.45, 2.75) is 26.3 Å². The molecule has 0 aliphatic carbocycles. The third kappa shape index (κ3) is 4.59. The van der Waals surface area contributed by atoms with E-state index in [9.17, 15) is 8.78 Å². The lowest BCUT2D eigenvalue weighted by Gasteiger charge is -2.34. The fourth-order valence-electron chi connectivity index (χ4n) is 5.11. The first-order chi connectivity index (χ1) is 18.0. The zero-order valence-corrected chi connectivity index (χ0v) is 20.9. The summed E-state index contributed by atoms with van der Waals surface area (Å²) in [7, 11) is 0. The van der Waals surface area contributed by atoms with E-state index in [4.69, 9.17) is 9.15 Å². The predicted octanol–water partition coefficient (Wildman–Crippen LogP) is 4.78. The van der Waals surface area contributed by atoms with E-state index < -0.39 is 11.6 Å². The number of nitrogens with zero attached hydrogens (tertiary/aromatic N) is 4. The largest absolute Gasteiger partial charge is 0.486 e. The van der Waals surface area contributed by atoms with E-state index in [1.54, 1.807) is 6.07 Å². The van der Waals surface area contributed by atoms with Crippen molar-refractivity contribution < 1.29 is 17.9 Å². The second-order valence-corrected chi connectivity index (χ2v) is 9.77. The maximum Gasteiger partial charge on any atom is 0.178 e. The van der Waals surface area contributed by atoms with Gasteiger partial charge < -0.3 is 24.3 Å². The summed E-state index contributed by atoms with van der Waals surface area (Å²) in [4.78, 5) is 13.1. The van der Waals surface area contributed by atoms with Crippen LogP contribution in [0.2, 0.25) is 0 Å². The highest BCUT2D eigenvalue weighted by atomic mass is 19.1. The van der Waals surface area contributed by atoms with Gasteiger partial charge in [0.25, 0.3) is 0 Å². The Morgan fingerprint density at radius 1 is 1.03 bits per heavy atom. The van der Waals surface area contributed by atoms with Crippen LogP contribution in [0.1, 0.15) is 25.4 Å². The van der Waals surface area contributed by atoms with Crippen LogP contribution < -0.4 is 19.9 Å². The SMILES string of the molecule is CC(C)N1CCOc2c(F)cc(-c3nc(Cc4cc5cc(N6CCNCC6)ccc5o4)ncc3F)cc21. The van der Waals surface area contributed by atoms with Crippen LogP contribution in [-0.4, -0.2) is 55.3 Å². The molecule has 4 heterocycles. The van der Waals surface area contributed by atoms with Crippen LogP contribution in [0.25, 0.3) is 22.2 Å². The predicted molar refractivity (Wildman–Crippen MR) is 139 cm³/mol. The van der Waals surface area contributed by atoms with Crippen LogP contribution in [0.15, 0.2) is 47.0 Å². The summed E-state index contributed by atoms with van der Waals surface area (Å²) in [6.45, 7) is 8.96. The first kappa shape index (κ1) is 23.7. The topological polar surface area (TPSA) is 66.7 Å². The van der Waals surface area contributed by atoms with Crippen LogP contribution in [0.4, 0.5) is 20.2 Å². The first-order valence-corrected chi connectivity index (χ1v) is 12.7. The molecule has 2 aromatic heterocycles. The fraction of sp³-hybridized carbons (Fsp3) is 0.357. The first-order valence-electron chi connectivity index (χ1n) is 12.7. The van der Waals surface area contributed by atoms with Crippen molar-refractivity contribution >= 4 is 22.3 Å². The Hall–Kier alpha value is -3.72. The van der Waals surface area contributed by atoms with Crippen LogP contribution >= 0.6 is 0 Å². The molecule has 0 radical (unpaired) electrons. The average molecular weight is 506 g/mol. The molecule has 9 heteroatoms. The number of nitrogens with one attached hydrogen (secondary N) is 1. The number of anilines is 2. The van der Waals surface area contributed by atoms with Gasteiger partial charge >= 0.3 is 0 Å². The Morgan fingerprint density at radius 2 is 1.86 bits per heavy atom. The number of ether oxygens (including phenoxy) is 1. The van der Waals surface area contributed by atoms with Crippen LogP contribution in [-0.2, 0) is 6.42 Å². The highest BCUT2D eigenvalue weighted by molar-refractivity contribution is 5.82. The standard InChI is InChI=1S/C28H29F2N5O2/c1-17(2)35-9-10-36-28-22(29)13-19(14-24(28)35)27-23(30)16-32-26(33-27)15-21-12-18-11-20(3-4-25(18)37-21)34-7-5-31-6-8-34/h3-4,11-14,16-17,31H,5-10,15H2,1-2H3. The number of hydrogen-bond donors (Lipinski definition) is 1.